The number of rotatable bonds is 2. The van der Waals surface area contributed by atoms with Crippen molar-refractivity contribution < 1.29 is 9.53 Å². The maximum Gasteiger partial charge on any atom is 0.224 e. The number of anilines is 1. The molecule has 0 saturated carbocycles. The molecule has 102 valence electrons. The number of aryl methyl sites for hydroxylation is 1. The fraction of sp³-hybridized carbons (Fsp3) is 0.133. The zero-order valence-electron chi connectivity index (χ0n) is 10.5. The Morgan fingerprint density at radius 3 is 2.55 bits per heavy atom. The molecule has 1 aliphatic heterocycles. The molecule has 0 unspecified atom stereocenters. The van der Waals surface area contributed by atoms with Crippen LogP contribution in [0, 0.1) is 0 Å². The van der Waals surface area contributed by atoms with Crippen molar-refractivity contribution in [2.75, 3.05) is 5.32 Å². The van der Waals surface area contributed by atoms with Gasteiger partial charge in [-0.1, -0.05) is 35.3 Å². The zero-order chi connectivity index (χ0) is 14.1. The summed E-state index contributed by atoms with van der Waals surface area (Å²) in [5.74, 6) is 1.02. The van der Waals surface area contributed by atoms with E-state index in [-0.39, 0.29) is 5.91 Å². The summed E-state index contributed by atoms with van der Waals surface area (Å²) in [5.41, 5.74) is 1.88. The van der Waals surface area contributed by atoms with Gasteiger partial charge in [0.05, 0.1) is 10.0 Å². The van der Waals surface area contributed by atoms with E-state index in [2.05, 4.69) is 5.32 Å². The number of halogens is 2. The summed E-state index contributed by atoms with van der Waals surface area (Å²) in [4.78, 5) is 11.4. The molecule has 0 aliphatic carbocycles. The SMILES string of the molecule is O=C1CCc2ccc(Oc3c(Cl)cccc3Cl)cc2N1. The van der Waals surface area contributed by atoms with Gasteiger partial charge >= 0.3 is 0 Å². The number of nitrogens with one attached hydrogen (secondary N) is 1. The number of para-hydroxylation sites is 1. The number of carbonyl (C=O) groups excluding carboxylic acids is 1. The number of ether oxygens (including phenoxy) is 1. The van der Waals surface area contributed by atoms with Gasteiger partial charge in [0.15, 0.2) is 5.75 Å². The van der Waals surface area contributed by atoms with Crippen LogP contribution in [0.2, 0.25) is 10.0 Å². The molecule has 2 aromatic rings. The summed E-state index contributed by atoms with van der Waals surface area (Å²) in [6.07, 6.45) is 1.26. The van der Waals surface area contributed by atoms with Gasteiger partial charge < -0.3 is 10.1 Å². The largest absolute Gasteiger partial charge is 0.454 e. The molecule has 3 rings (SSSR count). The second-order valence-electron chi connectivity index (χ2n) is 4.52. The van der Waals surface area contributed by atoms with Crippen molar-refractivity contribution in [2.24, 2.45) is 0 Å². The fourth-order valence-corrected chi connectivity index (χ4v) is 2.59. The van der Waals surface area contributed by atoms with E-state index in [1.807, 2.05) is 12.1 Å². The molecule has 0 atom stereocenters. The topological polar surface area (TPSA) is 38.3 Å². The van der Waals surface area contributed by atoms with Crippen LogP contribution in [-0.4, -0.2) is 5.91 Å². The molecule has 1 amide bonds. The minimum Gasteiger partial charge on any atom is -0.454 e. The molecule has 0 radical (unpaired) electrons. The Labute approximate surface area is 126 Å². The van der Waals surface area contributed by atoms with Crippen LogP contribution in [0.3, 0.4) is 0 Å². The van der Waals surface area contributed by atoms with Gasteiger partial charge in [0.25, 0.3) is 0 Å². The third-order valence-electron chi connectivity index (χ3n) is 3.12. The first-order valence-electron chi connectivity index (χ1n) is 6.18. The molecule has 0 saturated heterocycles. The maximum absolute atomic E-state index is 11.4. The molecule has 5 heteroatoms. The van der Waals surface area contributed by atoms with Gasteiger partial charge in [-0.25, -0.2) is 0 Å². The van der Waals surface area contributed by atoms with Crippen LogP contribution in [0.15, 0.2) is 36.4 Å². The van der Waals surface area contributed by atoms with Crippen molar-refractivity contribution in [1.82, 2.24) is 0 Å². The summed E-state index contributed by atoms with van der Waals surface area (Å²) in [6, 6.07) is 10.7. The second-order valence-corrected chi connectivity index (χ2v) is 5.33. The average Bonchev–Trinajstić information content (AvgIpc) is 2.42. The van der Waals surface area contributed by atoms with Gasteiger partial charge in [0.1, 0.15) is 5.75 Å². The third-order valence-corrected chi connectivity index (χ3v) is 3.71. The lowest BCUT2D eigenvalue weighted by Gasteiger charge is -2.18. The van der Waals surface area contributed by atoms with E-state index in [0.29, 0.717) is 28.0 Å². The van der Waals surface area contributed by atoms with Crippen molar-refractivity contribution >= 4 is 34.8 Å². The normalized spacial score (nSPS) is 13.6. The van der Waals surface area contributed by atoms with Crippen LogP contribution in [0.1, 0.15) is 12.0 Å². The Balaban J connectivity index is 1.92. The summed E-state index contributed by atoms with van der Waals surface area (Å²) in [7, 11) is 0. The Hall–Kier alpha value is -1.71. The molecule has 1 aliphatic rings. The molecular weight excluding hydrogens is 297 g/mol. The summed E-state index contributed by atoms with van der Waals surface area (Å²) in [6.45, 7) is 0. The Bertz CT molecular complexity index is 665. The fourth-order valence-electron chi connectivity index (χ4n) is 2.11. The van der Waals surface area contributed by atoms with Crippen LogP contribution >= 0.6 is 23.2 Å². The molecule has 3 nitrogen and oxygen atoms in total. The number of carbonyl (C=O) groups is 1. The lowest BCUT2D eigenvalue weighted by molar-refractivity contribution is -0.116. The molecule has 1 N–H and O–H groups in total. The van der Waals surface area contributed by atoms with Gasteiger partial charge in [-0.3, -0.25) is 4.79 Å². The smallest absolute Gasteiger partial charge is 0.224 e. The van der Waals surface area contributed by atoms with Crippen molar-refractivity contribution in [3.8, 4) is 11.5 Å². The van der Waals surface area contributed by atoms with E-state index < -0.39 is 0 Å². The third kappa shape index (κ3) is 2.60. The maximum atomic E-state index is 11.4. The van der Waals surface area contributed by atoms with Gasteiger partial charge in [-0.05, 0) is 30.2 Å². The first-order valence-corrected chi connectivity index (χ1v) is 6.94. The van der Waals surface area contributed by atoms with Gasteiger partial charge in [0, 0.05) is 18.2 Å². The number of fused-ring (bicyclic) bond motifs is 1. The standard InChI is InChI=1S/C15H11Cl2NO2/c16-11-2-1-3-12(17)15(11)20-10-6-4-9-5-7-14(19)18-13(9)8-10/h1-4,6,8H,5,7H2,(H,18,19). The number of amides is 1. The molecule has 1 heterocycles. The predicted molar refractivity (Wildman–Crippen MR) is 79.9 cm³/mol. The Kier molecular flexibility index (Phi) is 3.55. The molecule has 20 heavy (non-hydrogen) atoms. The number of hydrogen-bond acceptors (Lipinski definition) is 2. The molecule has 0 fully saturated rings. The van der Waals surface area contributed by atoms with Crippen molar-refractivity contribution in [3.63, 3.8) is 0 Å². The molecule has 2 aromatic carbocycles. The van der Waals surface area contributed by atoms with Crippen molar-refractivity contribution in [3.05, 3.63) is 52.0 Å². The quantitative estimate of drug-likeness (QED) is 0.875. The van der Waals surface area contributed by atoms with E-state index in [1.165, 1.54) is 0 Å². The lowest BCUT2D eigenvalue weighted by atomic mass is 10.0. The van der Waals surface area contributed by atoms with Crippen molar-refractivity contribution in [2.45, 2.75) is 12.8 Å². The van der Waals surface area contributed by atoms with Crippen molar-refractivity contribution in [1.29, 1.82) is 0 Å². The lowest BCUT2D eigenvalue weighted by Crippen LogP contribution is -2.18. The summed E-state index contributed by atoms with van der Waals surface area (Å²) >= 11 is 12.1. The average molecular weight is 308 g/mol. The first-order chi connectivity index (χ1) is 9.63. The van der Waals surface area contributed by atoms with Gasteiger partial charge in [0.2, 0.25) is 5.91 Å². The van der Waals surface area contributed by atoms with E-state index in [4.69, 9.17) is 27.9 Å². The number of hydrogen-bond donors (Lipinski definition) is 1. The van der Waals surface area contributed by atoms with Crippen LogP contribution in [-0.2, 0) is 11.2 Å². The van der Waals surface area contributed by atoms with Crippen LogP contribution in [0.5, 0.6) is 11.5 Å². The van der Waals surface area contributed by atoms with Gasteiger partial charge in [-0.2, -0.15) is 0 Å². The van der Waals surface area contributed by atoms with Crippen LogP contribution in [0.25, 0.3) is 0 Å². The van der Waals surface area contributed by atoms with E-state index in [1.54, 1.807) is 24.3 Å². The first kappa shape index (κ1) is 13.3. The highest BCUT2D eigenvalue weighted by molar-refractivity contribution is 6.37. The highest BCUT2D eigenvalue weighted by atomic mass is 35.5. The minimum absolute atomic E-state index is 0.0189. The monoisotopic (exact) mass is 307 g/mol. The van der Waals surface area contributed by atoms with E-state index >= 15 is 0 Å². The predicted octanol–water partition coefficient (Wildman–Crippen LogP) is 4.67. The number of benzene rings is 2. The van der Waals surface area contributed by atoms with Crippen LogP contribution in [0.4, 0.5) is 5.69 Å². The highest BCUT2D eigenvalue weighted by Crippen LogP contribution is 2.37. The van der Waals surface area contributed by atoms with E-state index in [9.17, 15) is 4.79 Å². The molecule has 0 spiro atoms. The Morgan fingerprint density at radius 2 is 1.80 bits per heavy atom. The molecular formula is C15H11Cl2NO2. The highest BCUT2D eigenvalue weighted by Gasteiger charge is 2.16. The van der Waals surface area contributed by atoms with E-state index in [0.717, 1.165) is 17.7 Å². The minimum atomic E-state index is 0.0189. The molecule has 0 aromatic heterocycles. The molecule has 0 bridgehead atoms. The summed E-state index contributed by atoms with van der Waals surface area (Å²) in [5, 5.41) is 3.72. The second kappa shape index (κ2) is 5.35. The Morgan fingerprint density at radius 1 is 1.05 bits per heavy atom. The van der Waals surface area contributed by atoms with Crippen LogP contribution < -0.4 is 10.1 Å². The zero-order valence-corrected chi connectivity index (χ0v) is 12.0. The summed E-state index contributed by atoms with van der Waals surface area (Å²) < 4.78 is 5.73. The van der Waals surface area contributed by atoms with Gasteiger partial charge in [-0.15, -0.1) is 0 Å².